The van der Waals surface area contributed by atoms with Crippen molar-refractivity contribution in [2.24, 2.45) is 5.92 Å². The van der Waals surface area contributed by atoms with E-state index in [1.165, 1.54) is 0 Å². The minimum absolute atomic E-state index is 0.416. The van der Waals surface area contributed by atoms with Crippen LogP contribution in [0.1, 0.15) is 12.8 Å². The van der Waals surface area contributed by atoms with E-state index < -0.39 is 0 Å². The third-order valence-electron chi connectivity index (χ3n) is 5.96. The summed E-state index contributed by atoms with van der Waals surface area (Å²) in [4.78, 5) is 11.7. The Kier molecular flexibility index (Phi) is 6.35. The van der Waals surface area contributed by atoms with E-state index in [9.17, 15) is 0 Å². The summed E-state index contributed by atoms with van der Waals surface area (Å²) in [6.07, 6.45) is 2.29. The number of hydrogen-bond acceptors (Lipinski definition) is 6. The van der Waals surface area contributed by atoms with Gasteiger partial charge in [-0.25, -0.2) is 0 Å². The first-order valence-corrected chi connectivity index (χ1v) is 11.4. The molecule has 5 rings (SSSR count). The fourth-order valence-electron chi connectivity index (χ4n) is 4.00. The molecule has 6 heteroatoms. The summed E-state index contributed by atoms with van der Waals surface area (Å²) >= 11 is 0. The summed E-state index contributed by atoms with van der Waals surface area (Å²) < 4.78 is 11.9. The maximum atomic E-state index is 6.05. The average molecular weight is 441 g/mol. The summed E-state index contributed by atoms with van der Waals surface area (Å²) in [5.41, 5.74) is 1.78. The Bertz CT molecular complexity index is 1190. The van der Waals surface area contributed by atoms with Crippen LogP contribution in [0.15, 0.2) is 78.9 Å². The van der Waals surface area contributed by atoms with Gasteiger partial charge in [-0.1, -0.05) is 30.3 Å². The molecule has 1 aliphatic heterocycles. The number of ether oxygens (including phenoxy) is 2. The van der Waals surface area contributed by atoms with Crippen LogP contribution in [0.5, 0.6) is 17.5 Å². The molecule has 33 heavy (non-hydrogen) atoms. The SMILES string of the molecule is CN1CCC(COc2nc(Nc3ccc(Oc4ccccc4)cc3)c3ccccc3n2)CC1. The van der Waals surface area contributed by atoms with E-state index in [0.717, 1.165) is 59.8 Å². The first kappa shape index (κ1) is 21.2. The maximum absolute atomic E-state index is 6.05. The quantitative estimate of drug-likeness (QED) is 0.387. The lowest BCUT2D eigenvalue weighted by atomic mass is 9.98. The largest absolute Gasteiger partial charge is 0.463 e. The Hall–Kier alpha value is -3.64. The Labute approximate surface area is 194 Å². The van der Waals surface area contributed by atoms with Crippen molar-refractivity contribution in [1.82, 2.24) is 14.9 Å². The van der Waals surface area contributed by atoms with Crippen LogP contribution >= 0.6 is 0 Å². The molecule has 4 aromatic rings. The van der Waals surface area contributed by atoms with E-state index >= 15 is 0 Å². The second kappa shape index (κ2) is 9.88. The highest BCUT2D eigenvalue weighted by Gasteiger charge is 2.18. The van der Waals surface area contributed by atoms with Gasteiger partial charge in [0.1, 0.15) is 17.3 Å². The van der Waals surface area contributed by atoms with Gasteiger partial charge < -0.3 is 19.7 Å². The van der Waals surface area contributed by atoms with Crippen LogP contribution in [-0.4, -0.2) is 41.6 Å². The van der Waals surface area contributed by atoms with Gasteiger partial charge in [0.2, 0.25) is 0 Å². The molecule has 0 unspecified atom stereocenters. The fraction of sp³-hybridized carbons (Fsp3) is 0.259. The lowest BCUT2D eigenvalue weighted by Gasteiger charge is -2.28. The zero-order valence-electron chi connectivity index (χ0n) is 18.8. The van der Waals surface area contributed by atoms with E-state index in [-0.39, 0.29) is 0 Å². The highest BCUT2D eigenvalue weighted by molar-refractivity contribution is 5.91. The van der Waals surface area contributed by atoms with Crippen LogP contribution in [-0.2, 0) is 0 Å². The fourth-order valence-corrected chi connectivity index (χ4v) is 4.00. The number of aromatic nitrogens is 2. The van der Waals surface area contributed by atoms with Crippen LogP contribution in [0.25, 0.3) is 10.9 Å². The second-order valence-electron chi connectivity index (χ2n) is 8.49. The Morgan fingerprint density at radius 2 is 1.55 bits per heavy atom. The Balaban J connectivity index is 1.31. The molecule has 2 heterocycles. The Morgan fingerprint density at radius 1 is 0.848 bits per heavy atom. The van der Waals surface area contributed by atoms with Crippen molar-refractivity contribution < 1.29 is 9.47 Å². The molecule has 0 radical (unpaired) electrons. The van der Waals surface area contributed by atoms with E-state index in [2.05, 4.69) is 22.2 Å². The molecule has 0 bridgehead atoms. The van der Waals surface area contributed by atoms with Gasteiger partial charge in [0, 0.05) is 11.1 Å². The van der Waals surface area contributed by atoms with E-state index in [1.54, 1.807) is 0 Å². The normalized spacial score (nSPS) is 14.8. The zero-order chi connectivity index (χ0) is 22.5. The molecule has 1 saturated heterocycles. The van der Waals surface area contributed by atoms with Gasteiger partial charge in [0.05, 0.1) is 12.1 Å². The first-order valence-electron chi connectivity index (χ1n) is 11.4. The number of nitrogens with zero attached hydrogens (tertiary/aromatic N) is 3. The van der Waals surface area contributed by atoms with Gasteiger partial charge in [-0.3, -0.25) is 0 Å². The van der Waals surface area contributed by atoms with Crippen molar-refractivity contribution in [3.63, 3.8) is 0 Å². The van der Waals surface area contributed by atoms with Gasteiger partial charge in [0.25, 0.3) is 0 Å². The molecular formula is C27H28N4O2. The van der Waals surface area contributed by atoms with Crippen molar-refractivity contribution in [2.45, 2.75) is 12.8 Å². The van der Waals surface area contributed by atoms with Gasteiger partial charge >= 0.3 is 6.01 Å². The summed E-state index contributed by atoms with van der Waals surface area (Å²) in [6, 6.07) is 26.0. The number of para-hydroxylation sites is 2. The van der Waals surface area contributed by atoms with Crippen LogP contribution in [0, 0.1) is 5.92 Å². The average Bonchev–Trinajstić information content (AvgIpc) is 2.85. The predicted molar refractivity (Wildman–Crippen MR) is 131 cm³/mol. The third kappa shape index (κ3) is 5.41. The monoisotopic (exact) mass is 440 g/mol. The van der Waals surface area contributed by atoms with E-state index in [1.807, 2.05) is 78.9 Å². The topological polar surface area (TPSA) is 59.5 Å². The minimum atomic E-state index is 0.416. The van der Waals surface area contributed by atoms with E-state index in [0.29, 0.717) is 18.5 Å². The second-order valence-corrected chi connectivity index (χ2v) is 8.49. The summed E-state index contributed by atoms with van der Waals surface area (Å²) in [5.74, 6) is 2.87. The lowest BCUT2D eigenvalue weighted by Crippen LogP contribution is -2.32. The van der Waals surface area contributed by atoms with Crippen molar-refractivity contribution in [2.75, 3.05) is 32.1 Å². The number of hydrogen-bond donors (Lipinski definition) is 1. The van der Waals surface area contributed by atoms with Crippen molar-refractivity contribution in [3.8, 4) is 17.5 Å². The molecule has 1 aromatic heterocycles. The molecule has 1 aliphatic rings. The van der Waals surface area contributed by atoms with Gasteiger partial charge in [-0.2, -0.15) is 9.97 Å². The molecule has 3 aromatic carbocycles. The standard InChI is InChI=1S/C27H28N4O2/c1-31-17-15-20(16-18-31)19-32-27-29-25-10-6-5-9-24(25)26(30-27)28-21-11-13-23(14-12-21)33-22-7-3-2-4-8-22/h2-14,20H,15-19H2,1H3,(H,28,29,30). The Morgan fingerprint density at radius 3 is 2.33 bits per heavy atom. The van der Waals surface area contributed by atoms with Crippen molar-refractivity contribution in [1.29, 1.82) is 0 Å². The summed E-state index contributed by atoms with van der Waals surface area (Å²) in [6.45, 7) is 2.88. The molecule has 0 aliphatic carbocycles. The molecule has 0 amide bonds. The number of nitrogens with one attached hydrogen (secondary N) is 1. The zero-order valence-corrected chi connectivity index (χ0v) is 18.8. The van der Waals surface area contributed by atoms with Crippen LogP contribution in [0.3, 0.4) is 0 Å². The molecule has 168 valence electrons. The molecular weight excluding hydrogens is 412 g/mol. The summed E-state index contributed by atoms with van der Waals surface area (Å²) in [5, 5.41) is 4.38. The molecule has 0 saturated carbocycles. The van der Waals surface area contributed by atoms with Crippen molar-refractivity contribution >= 4 is 22.4 Å². The molecule has 1 N–H and O–H groups in total. The van der Waals surface area contributed by atoms with Crippen LogP contribution < -0.4 is 14.8 Å². The van der Waals surface area contributed by atoms with Gasteiger partial charge in [-0.05, 0) is 87.4 Å². The highest BCUT2D eigenvalue weighted by atomic mass is 16.5. The number of likely N-dealkylation sites (tertiary alicyclic amines) is 1. The van der Waals surface area contributed by atoms with Gasteiger partial charge in [0.15, 0.2) is 0 Å². The lowest BCUT2D eigenvalue weighted by molar-refractivity contribution is 0.154. The number of fused-ring (bicyclic) bond motifs is 1. The first-order chi connectivity index (χ1) is 16.2. The highest BCUT2D eigenvalue weighted by Crippen LogP contribution is 2.28. The smallest absolute Gasteiger partial charge is 0.318 e. The number of benzene rings is 3. The van der Waals surface area contributed by atoms with Gasteiger partial charge in [-0.15, -0.1) is 0 Å². The van der Waals surface area contributed by atoms with E-state index in [4.69, 9.17) is 14.5 Å². The minimum Gasteiger partial charge on any atom is -0.463 e. The predicted octanol–water partition coefficient (Wildman–Crippen LogP) is 5.89. The van der Waals surface area contributed by atoms with Crippen LogP contribution in [0.4, 0.5) is 11.5 Å². The molecule has 0 spiro atoms. The maximum Gasteiger partial charge on any atom is 0.318 e. The number of rotatable bonds is 7. The third-order valence-corrected chi connectivity index (χ3v) is 5.96. The molecule has 1 fully saturated rings. The number of anilines is 2. The number of piperidine rings is 1. The van der Waals surface area contributed by atoms with Crippen molar-refractivity contribution in [3.05, 3.63) is 78.9 Å². The summed E-state index contributed by atoms with van der Waals surface area (Å²) in [7, 11) is 2.17. The molecule has 6 nitrogen and oxygen atoms in total. The molecule has 0 atom stereocenters. The van der Waals surface area contributed by atoms with Crippen LogP contribution in [0.2, 0.25) is 0 Å².